The van der Waals surface area contributed by atoms with Gasteiger partial charge in [-0.15, -0.1) is 11.3 Å². The SMILES string of the molecule is Cc1nc(N)c(C2=CC=CC=CC2)s1. The summed E-state index contributed by atoms with van der Waals surface area (Å²) >= 11 is 1.66. The number of allylic oxidation sites excluding steroid dienone is 6. The molecule has 0 spiro atoms. The van der Waals surface area contributed by atoms with Crippen molar-refractivity contribution in [3.05, 3.63) is 40.3 Å². The number of anilines is 1. The van der Waals surface area contributed by atoms with Crippen LogP contribution in [0.25, 0.3) is 5.57 Å². The average molecular weight is 204 g/mol. The van der Waals surface area contributed by atoms with Gasteiger partial charge in [0, 0.05) is 0 Å². The van der Waals surface area contributed by atoms with E-state index in [4.69, 9.17) is 5.73 Å². The summed E-state index contributed by atoms with van der Waals surface area (Å²) in [5, 5.41) is 1.02. The van der Waals surface area contributed by atoms with Crippen molar-refractivity contribution in [2.45, 2.75) is 13.3 Å². The maximum atomic E-state index is 5.83. The van der Waals surface area contributed by atoms with Crippen LogP contribution in [-0.4, -0.2) is 4.98 Å². The summed E-state index contributed by atoms with van der Waals surface area (Å²) < 4.78 is 0. The number of hydrogen-bond acceptors (Lipinski definition) is 3. The fourth-order valence-electron chi connectivity index (χ4n) is 1.42. The van der Waals surface area contributed by atoms with Crippen molar-refractivity contribution in [3.63, 3.8) is 0 Å². The first-order valence-corrected chi connectivity index (χ1v) is 5.34. The van der Waals surface area contributed by atoms with Gasteiger partial charge in [0.15, 0.2) is 0 Å². The first-order valence-electron chi connectivity index (χ1n) is 4.53. The van der Waals surface area contributed by atoms with Crippen LogP contribution in [0.5, 0.6) is 0 Å². The maximum Gasteiger partial charge on any atom is 0.142 e. The molecule has 1 aromatic rings. The van der Waals surface area contributed by atoms with Crippen LogP contribution in [0, 0.1) is 6.92 Å². The molecule has 1 aliphatic rings. The third kappa shape index (κ3) is 1.77. The van der Waals surface area contributed by atoms with Crippen LogP contribution in [0.3, 0.4) is 0 Å². The molecule has 0 atom stereocenters. The van der Waals surface area contributed by atoms with E-state index in [2.05, 4.69) is 17.1 Å². The van der Waals surface area contributed by atoms with Crippen LogP contribution in [0.15, 0.2) is 30.4 Å². The molecule has 0 fully saturated rings. The molecule has 0 unspecified atom stereocenters. The predicted octanol–water partition coefficient (Wildman–Crippen LogP) is 2.93. The Hall–Kier alpha value is -1.35. The lowest BCUT2D eigenvalue weighted by atomic mass is 10.1. The molecule has 3 heteroatoms. The number of nitrogens with zero attached hydrogens (tertiary/aromatic N) is 1. The number of aromatic nitrogens is 1. The zero-order valence-electron chi connectivity index (χ0n) is 8.03. The van der Waals surface area contributed by atoms with E-state index in [9.17, 15) is 0 Å². The normalized spacial score (nSPS) is 15.4. The summed E-state index contributed by atoms with van der Waals surface area (Å²) in [7, 11) is 0. The van der Waals surface area contributed by atoms with E-state index in [1.165, 1.54) is 5.57 Å². The average Bonchev–Trinajstić information content (AvgIpc) is 2.43. The van der Waals surface area contributed by atoms with E-state index in [1.807, 2.05) is 25.2 Å². The standard InChI is InChI=1S/C11H12N2S/c1-8-13-11(12)10(14-8)9-6-4-2-3-5-7-9/h2-6H,7,12H2,1H3. The zero-order valence-corrected chi connectivity index (χ0v) is 8.84. The molecule has 72 valence electrons. The number of thiazole rings is 1. The smallest absolute Gasteiger partial charge is 0.142 e. The molecule has 1 aromatic heterocycles. The summed E-state index contributed by atoms with van der Waals surface area (Å²) in [5.41, 5.74) is 7.08. The van der Waals surface area contributed by atoms with Gasteiger partial charge in [-0.2, -0.15) is 0 Å². The topological polar surface area (TPSA) is 38.9 Å². The summed E-state index contributed by atoms with van der Waals surface area (Å²) in [6, 6.07) is 0. The van der Waals surface area contributed by atoms with E-state index in [0.29, 0.717) is 5.82 Å². The maximum absolute atomic E-state index is 5.83. The molecule has 0 radical (unpaired) electrons. The zero-order chi connectivity index (χ0) is 9.97. The molecular weight excluding hydrogens is 192 g/mol. The van der Waals surface area contributed by atoms with Crippen LogP contribution < -0.4 is 5.73 Å². The summed E-state index contributed by atoms with van der Waals surface area (Å²) in [6.07, 6.45) is 11.3. The Morgan fingerprint density at radius 3 is 2.93 bits per heavy atom. The highest BCUT2D eigenvalue weighted by atomic mass is 32.1. The quantitative estimate of drug-likeness (QED) is 0.764. The molecular formula is C11H12N2S. The van der Waals surface area contributed by atoms with Gasteiger partial charge in [0.05, 0.1) is 9.88 Å². The minimum atomic E-state index is 0.655. The molecule has 0 saturated heterocycles. The third-order valence-corrected chi connectivity index (χ3v) is 3.11. The van der Waals surface area contributed by atoms with Crippen molar-refractivity contribution in [2.75, 3.05) is 5.73 Å². The molecule has 0 saturated carbocycles. The Bertz CT molecular complexity index is 424. The van der Waals surface area contributed by atoms with E-state index < -0.39 is 0 Å². The molecule has 2 nitrogen and oxygen atoms in total. The van der Waals surface area contributed by atoms with Crippen LogP contribution >= 0.6 is 11.3 Å². The Morgan fingerprint density at radius 2 is 2.21 bits per heavy atom. The second-order valence-electron chi connectivity index (χ2n) is 3.16. The van der Waals surface area contributed by atoms with Crippen molar-refractivity contribution in [3.8, 4) is 0 Å². The van der Waals surface area contributed by atoms with Crippen molar-refractivity contribution < 1.29 is 0 Å². The van der Waals surface area contributed by atoms with Gasteiger partial charge in [0.1, 0.15) is 5.82 Å². The van der Waals surface area contributed by atoms with Gasteiger partial charge >= 0.3 is 0 Å². The first-order chi connectivity index (χ1) is 6.77. The molecule has 0 bridgehead atoms. The van der Waals surface area contributed by atoms with Gasteiger partial charge in [-0.05, 0) is 18.9 Å². The Morgan fingerprint density at radius 1 is 1.36 bits per heavy atom. The van der Waals surface area contributed by atoms with E-state index in [1.54, 1.807) is 11.3 Å². The van der Waals surface area contributed by atoms with Gasteiger partial charge in [-0.1, -0.05) is 30.4 Å². The van der Waals surface area contributed by atoms with Crippen molar-refractivity contribution >= 4 is 22.7 Å². The summed E-state index contributed by atoms with van der Waals surface area (Å²) in [5.74, 6) is 0.655. The van der Waals surface area contributed by atoms with Crippen molar-refractivity contribution in [1.29, 1.82) is 0 Å². The minimum absolute atomic E-state index is 0.655. The molecule has 2 N–H and O–H groups in total. The van der Waals surface area contributed by atoms with E-state index >= 15 is 0 Å². The van der Waals surface area contributed by atoms with Crippen LogP contribution in [0.2, 0.25) is 0 Å². The van der Waals surface area contributed by atoms with Gasteiger partial charge < -0.3 is 5.73 Å². The van der Waals surface area contributed by atoms with Crippen LogP contribution in [0.1, 0.15) is 16.3 Å². The summed E-state index contributed by atoms with van der Waals surface area (Å²) in [6.45, 7) is 1.98. The van der Waals surface area contributed by atoms with Gasteiger partial charge in [0.2, 0.25) is 0 Å². The Balaban J connectivity index is 2.39. The molecule has 14 heavy (non-hydrogen) atoms. The molecule has 1 aliphatic carbocycles. The third-order valence-electron chi connectivity index (χ3n) is 2.05. The predicted molar refractivity (Wildman–Crippen MR) is 62.1 cm³/mol. The summed E-state index contributed by atoms with van der Waals surface area (Å²) in [4.78, 5) is 5.33. The highest BCUT2D eigenvalue weighted by Crippen LogP contribution is 2.30. The molecule has 0 aromatic carbocycles. The first kappa shape index (κ1) is 9.21. The van der Waals surface area contributed by atoms with Gasteiger partial charge in [-0.3, -0.25) is 0 Å². The number of aryl methyl sites for hydroxylation is 1. The largest absolute Gasteiger partial charge is 0.382 e. The highest BCUT2D eigenvalue weighted by molar-refractivity contribution is 7.13. The van der Waals surface area contributed by atoms with E-state index in [0.717, 1.165) is 16.3 Å². The van der Waals surface area contributed by atoms with Gasteiger partial charge in [0.25, 0.3) is 0 Å². The number of nitrogen functional groups attached to an aromatic ring is 1. The van der Waals surface area contributed by atoms with Gasteiger partial charge in [-0.25, -0.2) is 4.98 Å². The lowest BCUT2D eigenvalue weighted by molar-refractivity contribution is 1.30. The molecule has 2 rings (SSSR count). The van der Waals surface area contributed by atoms with Crippen molar-refractivity contribution in [1.82, 2.24) is 4.98 Å². The second kappa shape index (κ2) is 3.80. The number of hydrogen-bond donors (Lipinski definition) is 1. The monoisotopic (exact) mass is 204 g/mol. The lowest BCUT2D eigenvalue weighted by Gasteiger charge is -1.99. The lowest BCUT2D eigenvalue weighted by Crippen LogP contribution is -1.89. The molecule has 0 amide bonds. The minimum Gasteiger partial charge on any atom is -0.382 e. The second-order valence-corrected chi connectivity index (χ2v) is 4.36. The fraction of sp³-hybridized carbons (Fsp3) is 0.182. The molecule has 1 heterocycles. The molecule has 0 aliphatic heterocycles. The van der Waals surface area contributed by atoms with E-state index in [-0.39, 0.29) is 0 Å². The van der Waals surface area contributed by atoms with Crippen molar-refractivity contribution in [2.24, 2.45) is 0 Å². The number of nitrogens with two attached hydrogens (primary N) is 1. The van der Waals surface area contributed by atoms with Crippen LogP contribution in [0.4, 0.5) is 5.82 Å². The Kier molecular flexibility index (Phi) is 2.50. The number of rotatable bonds is 1. The highest BCUT2D eigenvalue weighted by Gasteiger charge is 2.09. The Labute approximate surface area is 87.5 Å². The van der Waals surface area contributed by atoms with Crippen LogP contribution in [-0.2, 0) is 0 Å². The fourth-order valence-corrected chi connectivity index (χ4v) is 2.29.